The summed E-state index contributed by atoms with van der Waals surface area (Å²) in [5.41, 5.74) is 2.00. The number of nitrogens with one attached hydrogen (secondary N) is 1. The Labute approximate surface area is 220 Å². The van der Waals surface area contributed by atoms with E-state index in [2.05, 4.69) is 33.9 Å². The number of aromatic nitrogens is 4. The van der Waals surface area contributed by atoms with E-state index in [4.69, 9.17) is 19.7 Å². The number of pyridine rings is 2. The van der Waals surface area contributed by atoms with Crippen LogP contribution in [0.15, 0.2) is 30.7 Å². The second kappa shape index (κ2) is 9.36. The van der Waals surface area contributed by atoms with E-state index in [0.29, 0.717) is 36.7 Å². The topological polar surface area (TPSA) is 113 Å². The quantitative estimate of drug-likeness (QED) is 0.490. The van der Waals surface area contributed by atoms with Crippen molar-refractivity contribution < 1.29 is 16.0 Å². The maximum Gasteiger partial charge on any atom is 0.227 e. The highest BCUT2D eigenvalue weighted by molar-refractivity contribution is 7.90. The Morgan fingerprint density at radius 2 is 1.97 bits per heavy atom. The molecule has 3 saturated heterocycles. The fourth-order valence-electron chi connectivity index (χ4n) is 5.84. The predicted molar refractivity (Wildman–Crippen MR) is 149 cm³/mol. The van der Waals surface area contributed by atoms with Gasteiger partial charge in [0.1, 0.15) is 21.5 Å². The van der Waals surface area contributed by atoms with Gasteiger partial charge in [-0.15, -0.1) is 0 Å². The number of hydrogen-bond donors (Lipinski definition) is 1. The van der Waals surface area contributed by atoms with Gasteiger partial charge in [0.25, 0.3) is 0 Å². The van der Waals surface area contributed by atoms with Crippen LogP contribution in [0.5, 0.6) is 0 Å². The minimum absolute atomic E-state index is 0. The smallest absolute Gasteiger partial charge is 0.227 e. The molecule has 6 rings (SSSR count). The van der Waals surface area contributed by atoms with Crippen LogP contribution in [0.4, 0.5) is 23.3 Å². The molecule has 0 bridgehead atoms. The van der Waals surface area contributed by atoms with Gasteiger partial charge in [-0.2, -0.15) is 4.98 Å². The molecule has 3 aliphatic heterocycles. The van der Waals surface area contributed by atoms with Gasteiger partial charge in [0, 0.05) is 63.7 Å². The first-order valence-electron chi connectivity index (χ1n) is 12.9. The standard InChI is InChI=1S/C26H33N7O3S.2H2/c1-16(2)25-19-8-24(28-9-20(19)21(10-29-25)32-11-17(12-32)15-37(3,34)35)30-23-4-6-27-26(31-23)33-7-5-18-13-36-14-22(18)33;;/h4,6,8-10,16-18,22H,5,7,11-15H2,1-3H3,(H,27,28,30,31);2*1H/t18?,22-;;/m0../s1. The number of hydrogen-bond acceptors (Lipinski definition) is 10. The van der Waals surface area contributed by atoms with E-state index in [0.717, 1.165) is 54.3 Å². The molecule has 11 heteroatoms. The largest absolute Gasteiger partial charge is 0.379 e. The van der Waals surface area contributed by atoms with Crippen molar-refractivity contribution in [3.05, 3.63) is 36.4 Å². The molecule has 3 aromatic rings. The van der Waals surface area contributed by atoms with Crippen molar-refractivity contribution in [1.82, 2.24) is 19.9 Å². The summed E-state index contributed by atoms with van der Waals surface area (Å²) >= 11 is 0. The molecule has 37 heavy (non-hydrogen) atoms. The molecule has 2 atom stereocenters. The SMILES string of the molecule is CC(C)c1ncc(N2CC(CS(C)(=O)=O)C2)c2cnc(Nc3ccnc(N4CCC5COC[C@@H]54)n3)cc12.[HH].[HH]. The highest BCUT2D eigenvalue weighted by Gasteiger charge is 2.39. The molecule has 0 radical (unpaired) electrons. The first-order chi connectivity index (χ1) is 17.7. The summed E-state index contributed by atoms with van der Waals surface area (Å²) in [7, 11) is -2.98. The highest BCUT2D eigenvalue weighted by atomic mass is 32.2. The van der Waals surface area contributed by atoms with Gasteiger partial charge in [-0.25, -0.2) is 18.4 Å². The summed E-state index contributed by atoms with van der Waals surface area (Å²) in [6, 6.07) is 4.24. The van der Waals surface area contributed by atoms with Gasteiger partial charge in [-0.1, -0.05) is 13.8 Å². The second-order valence-electron chi connectivity index (χ2n) is 10.9. The monoisotopic (exact) mass is 527 g/mol. The van der Waals surface area contributed by atoms with Crippen LogP contribution in [0.2, 0.25) is 0 Å². The van der Waals surface area contributed by atoms with Crippen LogP contribution in [0.25, 0.3) is 10.8 Å². The number of rotatable bonds is 7. The van der Waals surface area contributed by atoms with Crippen LogP contribution in [-0.4, -0.2) is 79.3 Å². The third-order valence-corrected chi connectivity index (χ3v) is 8.70. The van der Waals surface area contributed by atoms with Crippen LogP contribution < -0.4 is 15.1 Å². The van der Waals surface area contributed by atoms with Crippen LogP contribution >= 0.6 is 0 Å². The third kappa shape index (κ3) is 4.82. The molecule has 1 unspecified atom stereocenters. The Bertz CT molecular complexity index is 1440. The van der Waals surface area contributed by atoms with Crippen LogP contribution in [0.3, 0.4) is 0 Å². The molecule has 3 aromatic heterocycles. The lowest BCUT2D eigenvalue weighted by atomic mass is 9.98. The average Bonchev–Trinajstić information content (AvgIpc) is 3.44. The summed E-state index contributed by atoms with van der Waals surface area (Å²) < 4.78 is 29.0. The first-order valence-corrected chi connectivity index (χ1v) is 15.0. The lowest BCUT2D eigenvalue weighted by molar-refractivity contribution is 0.179. The zero-order chi connectivity index (χ0) is 25.7. The number of nitrogens with zero attached hydrogens (tertiary/aromatic N) is 6. The highest BCUT2D eigenvalue weighted by Crippen LogP contribution is 2.36. The van der Waals surface area contributed by atoms with Gasteiger partial charge in [0.05, 0.1) is 42.6 Å². The van der Waals surface area contributed by atoms with Crippen molar-refractivity contribution in [3.8, 4) is 0 Å². The molecule has 0 spiro atoms. The Morgan fingerprint density at radius 1 is 1.14 bits per heavy atom. The van der Waals surface area contributed by atoms with Gasteiger partial charge >= 0.3 is 0 Å². The van der Waals surface area contributed by atoms with E-state index >= 15 is 0 Å². The van der Waals surface area contributed by atoms with Crippen molar-refractivity contribution in [2.24, 2.45) is 11.8 Å². The van der Waals surface area contributed by atoms with Gasteiger partial charge in [-0.05, 0) is 24.5 Å². The number of fused-ring (bicyclic) bond motifs is 2. The normalized spacial score (nSPS) is 22.1. The molecule has 6 heterocycles. The van der Waals surface area contributed by atoms with Crippen LogP contribution in [0.1, 0.15) is 34.7 Å². The van der Waals surface area contributed by atoms with Gasteiger partial charge in [0.2, 0.25) is 5.95 Å². The van der Waals surface area contributed by atoms with Crippen LogP contribution in [-0.2, 0) is 14.6 Å². The Balaban J connectivity index is 0.00000176. The molecule has 3 aliphatic rings. The van der Waals surface area contributed by atoms with Crippen LogP contribution in [0, 0.1) is 11.8 Å². The summed E-state index contributed by atoms with van der Waals surface area (Å²) in [5, 5.41) is 5.43. The number of ether oxygens (including phenoxy) is 1. The Morgan fingerprint density at radius 3 is 2.76 bits per heavy atom. The van der Waals surface area contributed by atoms with Crippen molar-refractivity contribution in [1.29, 1.82) is 0 Å². The van der Waals surface area contributed by atoms with Gasteiger partial charge < -0.3 is 19.9 Å². The van der Waals surface area contributed by atoms with Crippen molar-refractivity contribution in [2.45, 2.75) is 32.2 Å². The maximum absolute atomic E-state index is 11.7. The molecule has 200 valence electrons. The number of sulfone groups is 1. The number of anilines is 4. The zero-order valence-electron chi connectivity index (χ0n) is 21.5. The summed E-state index contributed by atoms with van der Waals surface area (Å²) in [5.74, 6) is 3.28. The van der Waals surface area contributed by atoms with Crippen molar-refractivity contribution in [2.75, 3.05) is 60.0 Å². The molecule has 1 N–H and O–H groups in total. The second-order valence-corrected chi connectivity index (χ2v) is 13.1. The fourth-order valence-corrected chi connectivity index (χ4v) is 6.90. The molecular formula is C26H37N7O3S. The Kier molecular flexibility index (Phi) is 6.15. The molecule has 3 fully saturated rings. The minimum atomic E-state index is -2.98. The zero-order valence-corrected chi connectivity index (χ0v) is 22.3. The van der Waals surface area contributed by atoms with E-state index in [1.54, 1.807) is 6.20 Å². The average molecular weight is 528 g/mol. The molecule has 0 saturated carbocycles. The Hall–Kier alpha value is -3.05. The summed E-state index contributed by atoms with van der Waals surface area (Å²) in [6.07, 6.45) is 7.97. The van der Waals surface area contributed by atoms with Gasteiger partial charge in [0.15, 0.2) is 0 Å². The predicted octanol–water partition coefficient (Wildman–Crippen LogP) is 3.48. The van der Waals surface area contributed by atoms with Gasteiger partial charge in [-0.3, -0.25) is 4.98 Å². The first kappa shape index (κ1) is 24.3. The maximum atomic E-state index is 11.7. The van der Waals surface area contributed by atoms with E-state index in [-0.39, 0.29) is 20.4 Å². The summed E-state index contributed by atoms with van der Waals surface area (Å²) in [6.45, 7) is 8.18. The minimum Gasteiger partial charge on any atom is -0.379 e. The van der Waals surface area contributed by atoms with Crippen molar-refractivity contribution in [3.63, 3.8) is 0 Å². The molecule has 0 aromatic carbocycles. The van der Waals surface area contributed by atoms with E-state index in [1.165, 1.54) is 6.26 Å². The van der Waals surface area contributed by atoms with E-state index < -0.39 is 9.84 Å². The fraction of sp³-hybridized carbons (Fsp3) is 0.538. The lowest BCUT2D eigenvalue weighted by Crippen LogP contribution is -2.49. The lowest BCUT2D eigenvalue weighted by Gasteiger charge is -2.41. The van der Waals surface area contributed by atoms with E-state index in [1.807, 2.05) is 24.5 Å². The molecule has 10 nitrogen and oxygen atoms in total. The van der Waals surface area contributed by atoms with Crippen molar-refractivity contribution >= 4 is 43.9 Å². The van der Waals surface area contributed by atoms with E-state index in [9.17, 15) is 8.42 Å². The third-order valence-electron chi connectivity index (χ3n) is 7.63. The molecule has 0 aliphatic carbocycles. The summed E-state index contributed by atoms with van der Waals surface area (Å²) in [4.78, 5) is 23.3. The molecule has 0 amide bonds. The molecular weight excluding hydrogens is 490 g/mol.